The fourth-order valence-corrected chi connectivity index (χ4v) is 0.514. The fraction of sp³-hybridized carbons (Fsp3) is 0.500. The third-order valence-corrected chi connectivity index (χ3v) is 1.24. The van der Waals surface area contributed by atoms with E-state index in [1.807, 2.05) is 0 Å². The highest BCUT2D eigenvalue weighted by Gasteiger charge is 2.32. The molecule has 0 fully saturated rings. The Morgan fingerprint density at radius 1 is 1.15 bits per heavy atom. The molecule has 0 aliphatic carbocycles. The van der Waals surface area contributed by atoms with Gasteiger partial charge in [0, 0.05) is 0 Å². The number of carbonyl (C=O) groups excluding carboxylic acids is 2. The van der Waals surface area contributed by atoms with E-state index in [1.54, 1.807) is 0 Å². The molecule has 13 heavy (non-hydrogen) atoms. The highest BCUT2D eigenvalue weighted by atomic mass is 16.4. The van der Waals surface area contributed by atoms with E-state index in [4.69, 9.17) is 20.4 Å². The van der Waals surface area contributed by atoms with Crippen LogP contribution in [0.15, 0.2) is 0 Å². The van der Waals surface area contributed by atoms with E-state index >= 15 is 0 Å². The number of aliphatic hydroxyl groups is 3. The highest BCUT2D eigenvalue weighted by Crippen LogP contribution is 1.95. The smallest absolute Gasteiger partial charge is 0.380 e. The zero-order valence-electron chi connectivity index (χ0n) is 6.38. The summed E-state index contributed by atoms with van der Waals surface area (Å²) in [5.41, 5.74) is 0. The van der Waals surface area contributed by atoms with E-state index in [0.717, 1.165) is 0 Å². The molecule has 0 bridgehead atoms. The molecular weight excluding hydrogens is 184 g/mol. The molecule has 7 heteroatoms. The van der Waals surface area contributed by atoms with Crippen LogP contribution >= 0.6 is 0 Å². The van der Waals surface area contributed by atoms with Crippen molar-refractivity contribution >= 4 is 17.5 Å². The molecule has 0 aliphatic rings. The van der Waals surface area contributed by atoms with Crippen LogP contribution in [0.5, 0.6) is 0 Å². The summed E-state index contributed by atoms with van der Waals surface area (Å²) in [7, 11) is 0. The van der Waals surface area contributed by atoms with E-state index < -0.39 is 36.4 Å². The maximum atomic E-state index is 10.6. The maximum absolute atomic E-state index is 10.6. The van der Waals surface area contributed by atoms with Crippen LogP contribution in [0.3, 0.4) is 0 Å². The first-order valence-corrected chi connectivity index (χ1v) is 3.20. The average Bonchev–Trinajstić information content (AvgIpc) is 2.12. The number of carboxylic acid groups (broad SMARTS) is 1. The first-order valence-electron chi connectivity index (χ1n) is 3.20. The molecule has 74 valence electrons. The van der Waals surface area contributed by atoms with Crippen LogP contribution in [-0.4, -0.2) is 56.8 Å². The van der Waals surface area contributed by atoms with Crippen molar-refractivity contribution in [2.75, 3.05) is 6.61 Å². The summed E-state index contributed by atoms with van der Waals surface area (Å²) in [6.45, 7) is -0.945. The number of rotatable bonds is 5. The van der Waals surface area contributed by atoms with Gasteiger partial charge in [0.2, 0.25) is 5.78 Å². The van der Waals surface area contributed by atoms with E-state index in [0.29, 0.717) is 0 Å². The van der Waals surface area contributed by atoms with Crippen LogP contribution in [0.4, 0.5) is 0 Å². The van der Waals surface area contributed by atoms with Crippen molar-refractivity contribution in [1.29, 1.82) is 0 Å². The Morgan fingerprint density at radius 3 is 1.92 bits per heavy atom. The number of hydrogen-bond donors (Lipinski definition) is 4. The number of carboxylic acids is 1. The molecule has 4 N–H and O–H groups in total. The molecule has 0 saturated heterocycles. The lowest BCUT2D eigenvalue weighted by molar-refractivity contribution is -0.157. The molecule has 0 heterocycles. The number of carbonyl (C=O) groups is 3. The summed E-state index contributed by atoms with van der Waals surface area (Å²) >= 11 is 0. The largest absolute Gasteiger partial charge is 0.475 e. The molecule has 0 rings (SSSR count). The van der Waals surface area contributed by atoms with Crippen LogP contribution in [0.1, 0.15) is 0 Å². The van der Waals surface area contributed by atoms with Gasteiger partial charge in [-0.25, -0.2) is 4.79 Å². The second-order valence-electron chi connectivity index (χ2n) is 2.19. The minimum absolute atomic E-state index is 0.945. The molecule has 2 atom stereocenters. The van der Waals surface area contributed by atoms with E-state index in [1.165, 1.54) is 0 Å². The minimum Gasteiger partial charge on any atom is -0.475 e. The number of aliphatic carboxylic acids is 1. The highest BCUT2D eigenvalue weighted by molar-refractivity contribution is 6.62. The van der Waals surface area contributed by atoms with Crippen molar-refractivity contribution in [3.63, 3.8) is 0 Å². The van der Waals surface area contributed by atoms with Crippen LogP contribution in [0, 0.1) is 0 Å². The van der Waals surface area contributed by atoms with Crippen molar-refractivity contribution in [3.8, 4) is 0 Å². The van der Waals surface area contributed by atoms with Gasteiger partial charge in [0.1, 0.15) is 12.2 Å². The Balaban J connectivity index is 4.43. The van der Waals surface area contributed by atoms with Crippen molar-refractivity contribution in [2.45, 2.75) is 12.2 Å². The van der Waals surface area contributed by atoms with Gasteiger partial charge in [0.05, 0.1) is 6.61 Å². The lowest BCUT2D eigenvalue weighted by Gasteiger charge is -2.11. The number of aliphatic hydroxyl groups excluding tert-OH is 3. The Labute approximate surface area is 72.2 Å². The predicted molar refractivity (Wildman–Crippen MR) is 36.7 cm³/mol. The van der Waals surface area contributed by atoms with Crippen LogP contribution in [0.25, 0.3) is 0 Å². The summed E-state index contributed by atoms with van der Waals surface area (Å²) in [6.07, 6.45) is -4.05. The van der Waals surface area contributed by atoms with Crippen molar-refractivity contribution in [3.05, 3.63) is 0 Å². The molecule has 0 amide bonds. The molecular formula is C6H8O7. The Bertz CT molecular complexity index is 233. The molecule has 7 nitrogen and oxygen atoms in total. The fourth-order valence-electron chi connectivity index (χ4n) is 0.514. The summed E-state index contributed by atoms with van der Waals surface area (Å²) in [5, 5.41) is 33.7. The van der Waals surface area contributed by atoms with E-state index in [-0.39, 0.29) is 0 Å². The average molecular weight is 192 g/mol. The summed E-state index contributed by atoms with van der Waals surface area (Å²) in [6, 6.07) is 0. The monoisotopic (exact) mass is 192 g/mol. The Hall–Kier alpha value is -1.31. The van der Waals surface area contributed by atoms with Gasteiger partial charge in [-0.1, -0.05) is 0 Å². The maximum Gasteiger partial charge on any atom is 0.380 e. The standard InChI is InChI=1S/C6H8O7/c7-1-2(8)3(9)4(10)5(11)6(12)13/h2-3,7-9H,1H2,(H,12,13)/t2-,3+/m0/s1. The number of ketones is 2. The van der Waals surface area contributed by atoms with Gasteiger partial charge >= 0.3 is 11.8 Å². The van der Waals surface area contributed by atoms with Crippen LogP contribution in [-0.2, 0) is 14.4 Å². The Morgan fingerprint density at radius 2 is 1.62 bits per heavy atom. The number of Topliss-reactive ketones (excluding diaryl/α,β-unsaturated/α-hetero) is 2. The molecule has 0 aliphatic heterocycles. The first kappa shape index (κ1) is 11.7. The molecule has 0 aromatic heterocycles. The zero-order chi connectivity index (χ0) is 10.6. The lowest BCUT2D eigenvalue weighted by Crippen LogP contribution is -2.42. The zero-order valence-corrected chi connectivity index (χ0v) is 6.38. The topological polar surface area (TPSA) is 132 Å². The lowest BCUT2D eigenvalue weighted by atomic mass is 10.1. The molecule has 0 aromatic rings. The van der Waals surface area contributed by atoms with E-state index in [9.17, 15) is 14.4 Å². The van der Waals surface area contributed by atoms with Crippen LogP contribution < -0.4 is 0 Å². The van der Waals surface area contributed by atoms with E-state index in [2.05, 4.69) is 0 Å². The van der Waals surface area contributed by atoms with Crippen molar-refractivity contribution in [1.82, 2.24) is 0 Å². The van der Waals surface area contributed by atoms with Gasteiger partial charge in [0.25, 0.3) is 0 Å². The third kappa shape index (κ3) is 2.90. The molecule has 0 saturated carbocycles. The summed E-state index contributed by atoms with van der Waals surface area (Å²) in [5.74, 6) is -5.51. The van der Waals surface area contributed by atoms with Crippen molar-refractivity contribution < 1.29 is 34.8 Å². The molecule has 0 aromatic carbocycles. The molecule has 0 radical (unpaired) electrons. The number of hydrogen-bond acceptors (Lipinski definition) is 6. The second-order valence-corrected chi connectivity index (χ2v) is 2.19. The van der Waals surface area contributed by atoms with Gasteiger partial charge in [-0.2, -0.15) is 0 Å². The summed E-state index contributed by atoms with van der Waals surface area (Å²) in [4.78, 5) is 31.0. The molecule has 0 unspecified atom stereocenters. The normalized spacial score (nSPS) is 14.7. The minimum atomic E-state index is -2.20. The van der Waals surface area contributed by atoms with Gasteiger partial charge in [-0.3, -0.25) is 9.59 Å². The van der Waals surface area contributed by atoms with Gasteiger partial charge in [0.15, 0.2) is 0 Å². The quantitative estimate of drug-likeness (QED) is 0.268. The first-order chi connectivity index (χ1) is 5.91. The SMILES string of the molecule is O=C(O)C(=O)C(=O)[C@H](O)[C@@H](O)CO. The van der Waals surface area contributed by atoms with Gasteiger partial charge in [-0.15, -0.1) is 0 Å². The molecule has 0 spiro atoms. The van der Waals surface area contributed by atoms with Gasteiger partial charge in [-0.05, 0) is 0 Å². The van der Waals surface area contributed by atoms with Crippen molar-refractivity contribution in [2.24, 2.45) is 0 Å². The Kier molecular flexibility index (Phi) is 4.18. The van der Waals surface area contributed by atoms with Crippen LogP contribution in [0.2, 0.25) is 0 Å². The second kappa shape index (κ2) is 4.65. The van der Waals surface area contributed by atoms with Gasteiger partial charge < -0.3 is 20.4 Å². The predicted octanol–water partition coefficient (Wildman–Crippen LogP) is -3.08. The third-order valence-electron chi connectivity index (χ3n) is 1.24. The summed E-state index contributed by atoms with van der Waals surface area (Å²) < 4.78 is 0.